The molecular weight excluding hydrogens is 267 g/mol. The van der Waals surface area contributed by atoms with Crippen LogP contribution in [0, 0.1) is 5.92 Å². The van der Waals surface area contributed by atoms with Crippen LogP contribution in [0.3, 0.4) is 0 Å². The van der Waals surface area contributed by atoms with Crippen LogP contribution >= 0.6 is 24.8 Å². The van der Waals surface area contributed by atoms with Gasteiger partial charge in [0.15, 0.2) is 0 Å². The summed E-state index contributed by atoms with van der Waals surface area (Å²) in [6.07, 6.45) is 3.92. The molecule has 2 N–H and O–H groups in total. The third-order valence-corrected chi connectivity index (χ3v) is 4.23. The molecule has 1 saturated heterocycles. The van der Waals surface area contributed by atoms with Crippen LogP contribution in [0.1, 0.15) is 24.8 Å². The number of nitrogens with two attached hydrogens (primary N) is 1. The van der Waals surface area contributed by atoms with Crippen LogP contribution in [-0.4, -0.2) is 23.5 Å². The van der Waals surface area contributed by atoms with Gasteiger partial charge in [0, 0.05) is 18.6 Å². The van der Waals surface area contributed by atoms with E-state index in [0.717, 1.165) is 12.5 Å². The minimum atomic E-state index is 0. The lowest BCUT2D eigenvalue weighted by Crippen LogP contribution is -2.42. The first-order chi connectivity index (χ1) is 7.84. The predicted molar refractivity (Wildman–Crippen MR) is 80.5 cm³/mol. The zero-order valence-electron chi connectivity index (χ0n) is 10.5. The van der Waals surface area contributed by atoms with E-state index in [1.165, 1.54) is 31.4 Å². The monoisotopic (exact) mass is 288 g/mol. The highest BCUT2D eigenvalue weighted by molar-refractivity contribution is 5.85. The van der Waals surface area contributed by atoms with Crippen molar-refractivity contribution in [1.29, 1.82) is 0 Å². The van der Waals surface area contributed by atoms with E-state index in [1.807, 2.05) is 0 Å². The van der Waals surface area contributed by atoms with Crippen LogP contribution < -0.4 is 5.73 Å². The lowest BCUT2D eigenvalue weighted by atomic mass is 10.0. The van der Waals surface area contributed by atoms with Crippen molar-refractivity contribution in [1.82, 2.24) is 4.90 Å². The van der Waals surface area contributed by atoms with Crippen molar-refractivity contribution in [2.75, 3.05) is 6.54 Å². The van der Waals surface area contributed by atoms with Crippen molar-refractivity contribution >= 4 is 24.8 Å². The summed E-state index contributed by atoms with van der Waals surface area (Å²) in [4.78, 5) is 2.59. The molecule has 1 aromatic rings. The summed E-state index contributed by atoms with van der Waals surface area (Å²) in [6, 6.07) is 11.8. The molecule has 0 bridgehead atoms. The zero-order valence-corrected chi connectivity index (χ0v) is 12.1. The van der Waals surface area contributed by atoms with Crippen molar-refractivity contribution in [3.8, 4) is 0 Å². The largest absolute Gasteiger partial charge is 0.326 e. The predicted octanol–water partition coefficient (Wildman–Crippen LogP) is 2.84. The lowest BCUT2D eigenvalue weighted by Gasteiger charge is -2.27. The highest BCUT2D eigenvalue weighted by Gasteiger charge is 2.42. The molecule has 0 spiro atoms. The molecule has 2 aliphatic rings. The third-order valence-electron chi connectivity index (χ3n) is 4.23. The molecule has 1 saturated carbocycles. The molecule has 0 aromatic heterocycles. The summed E-state index contributed by atoms with van der Waals surface area (Å²) in [5.41, 5.74) is 7.64. The molecule has 3 atom stereocenters. The van der Waals surface area contributed by atoms with Gasteiger partial charge in [-0.3, -0.25) is 4.90 Å². The second kappa shape index (κ2) is 6.76. The van der Waals surface area contributed by atoms with Gasteiger partial charge in [0.05, 0.1) is 0 Å². The molecule has 102 valence electrons. The zero-order chi connectivity index (χ0) is 11.0. The first-order valence-corrected chi connectivity index (χ1v) is 6.38. The Morgan fingerprint density at radius 2 is 1.78 bits per heavy atom. The fourth-order valence-corrected chi connectivity index (χ4v) is 3.46. The first-order valence-electron chi connectivity index (χ1n) is 6.38. The summed E-state index contributed by atoms with van der Waals surface area (Å²) < 4.78 is 0. The number of hydrogen-bond acceptors (Lipinski definition) is 2. The number of likely N-dealkylation sites (tertiary alicyclic amines) is 1. The van der Waals surface area contributed by atoms with Crippen molar-refractivity contribution in [2.45, 2.75) is 37.9 Å². The second-order valence-corrected chi connectivity index (χ2v) is 5.24. The van der Waals surface area contributed by atoms with Gasteiger partial charge >= 0.3 is 0 Å². The van der Waals surface area contributed by atoms with Crippen molar-refractivity contribution < 1.29 is 0 Å². The van der Waals surface area contributed by atoms with E-state index < -0.39 is 0 Å². The molecule has 1 heterocycles. The lowest BCUT2D eigenvalue weighted by molar-refractivity contribution is 0.216. The van der Waals surface area contributed by atoms with E-state index in [-0.39, 0.29) is 24.8 Å². The highest BCUT2D eigenvalue weighted by Crippen LogP contribution is 2.37. The maximum absolute atomic E-state index is 6.22. The quantitative estimate of drug-likeness (QED) is 0.907. The van der Waals surface area contributed by atoms with Crippen LogP contribution in [0.4, 0.5) is 0 Å². The Kier molecular flexibility index (Phi) is 5.93. The molecule has 2 nitrogen and oxygen atoms in total. The first kappa shape index (κ1) is 15.8. The summed E-state index contributed by atoms with van der Waals surface area (Å²) in [5.74, 6) is 0.874. The number of rotatable bonds is 2. The molecule has 0 radical (unpaired) electrons. The Bertz CT molecular complexity index is 358. The summed E-state index contributed by atoms with van der Waals surface area (Å²) >= 11 is 0. The maximum Gasteiger partial charge on any atom is 0.0279 e. The van der Waals surface area contributed by atoms with Crippen molar-refractivity contribution in [3.05, 3.63) is 35.9 Å². The summed E-state index contributed by atoms with van der Waals surface area (Å²) in [5, 5.41) is 0. The summed E-state index contributed by atoms with van der Waals surface area (Å²) in [6.45, 7) is 2.31. The van der Waals surface area contributed by atoms with Gasteiger partial charge in [0.1, 0.15) is 0 Å². The standard InChI is InChI=1S/C14H20N2.2ClH/c15-13-7-6-12-8-9-16(14(12)13)10-11-4-2-1-3-5-11;;/h1-5,12-14H,6-10,15H2;2*1H/t12-,13+,14+;;/m0../s1. The Labute approximate surface area is 122 Å². The van der Waals surface area contributed by atoms with Crippen LogP contribution in [0.2, 0.25) is 0 Å². The second-order valence-electron chi connectivity index (χ2n) is 5.24. The van der Waals surface area contributed by atoms with Gasteiger partial charge in [-0.15, -0.1) is 24.8 Å². The molecule has 18 heavy (non-hydrogen) atoms. The van der Waals surface area contributed by atoms with Gasteiger partial charge in [-0.2, -0.15) is 0 Å². The Morgan fingerprint density at radius 3 is 2.50 bits per heavy atom. The van der Waals surface area contributed by atoms with Crippen molar-refractivity contribution in [2.24, 2.45) is 11.7 Å². The number of fused-ring (bicyclic) bond motifs is 1. The van der Waals surface area contributed by atoms with Gasteiger partial charge < -0.3 is 5.73 Å². The normalized spacial score (nSPS) is 30.4. The van der Waals surface area contributed by atoms with Crippen LogP contribution in [0.15, 0.2) is 30.3 Å². The SMILES string of the molecule is Cl.Cl.N[C@@H]1CC[C@H]2CCN(Cc3ccccc3)[C@H]21. The highest BCUT2D eigenvalue weighted by atomic mass is 35.5. The molecule has 4 heteroatoms. The number of halogens is 2. The van der Waals surface area contributed by atoms with Gasteiger partial charge in [-0.25, -0.2) is 0 Å². The minimum absolute atomic E-state index is 0. The molecule has 2 fully saturated rings. The molecule has 1 aliphatic heterocycles. The van der Waals surface area contributed by atoms with E-state index in [4.69, 9.17) is 5.73 Å². The average Bonchev–Trinajstić information content (AvgIpc) is 2.86. The van der Waals surface area contributed by atoms with E-state index in [2.05, 4.69) is 35.2 Å². The number of benzene rings is 1. The van der Waals surface area contributed by atoms with E-state index >= 15 is 0 Å². The Balaban J connectivity index is 0.000000810. The molecule has 0 unspecified atom stereocenters. The minimum Gasteiger partial charge on any atom is -0.326 e. The fourth-order valence-electron chi connectivity index (χ4n) is 3.46. The van der Waals surface area contributed by atoms with E-state index in [9.17, 15) is 0 Å². The molecular formula is C14H22Cl2N2. The van der Waals surface area contributed by atoms with Gasteiger partial charge in [-0.05, 0) is 37.3 Å². The topological polar surface area (TPSA) is 29.3 Å². The third kappa shape index (κ3) is 3.00. The Hall–Kier alpha value is -0.280. The maximum atomic E-state index is 6.22. The van der Waals surface area contributed by atoms with Crippen molar-refractivity contribution in [3.63, 3.8) is 0 Å². The average molecular weight is 289 g/mol. The molecule has 3 rings (SSSR count). The molecule has 1 aliphatic carbocycles. The van der Waals surface area contributed by atoms with Gasteiger partial charge in [0.2, 0.25) is 0 Å². The fraction of sp³-hybridized carbons (Fsp3) is 0.571. The van der Waals surface area contributed by atoms with E-state index in [0.29, 0.717) is 12.1 Å². The van der Waals surface area contributed by atoms with Crippen LogP contribution in [0.5, 0.6) is 0 Å². The number of hydrogen-bond donors (Lipinski definition) is 1. The molecule has 0 amide bonds. The summed E-state index contributed by atoms with van der Waals surface area (Å²) in [7, 11) is 0. The molecule has 1 aromatic carbocycles. The number of nitrogens with zero attached hydrogens (tertiary/aromatic N) is 1. The smallest absolute Gasteiger partial charge is 0.0279 e. The Morgan fingerprint density at radius 1 is 1.06 bits per heavy atom. The van der Waals surface area contributed by atoms with Gasteiger partial charge in [-0.1, -0.05) is 30.3 Å². The van der Waals surface area contributed by atoms with Gasteiger partial charge in [0.25, 0.3) is 0 Å². The van der Waals surface area contributed by atoms with E-state index in [1.54, 1.807) is 0 Å². The van der Waals surface area contributed by atoms with Crippen LogP contribution in [0.25, 0.3) is 0 Å². The van der Waals surface area contributed by atoms with Crippen LogP contribution in [-0.2, 0) is 6.54 Å².